The van der Waals surface area contributed by atoms with Crippen molar-refractivity contribution in [2.24, 2.45) is 0 Å². The van der Waals surface area contributed by atoms with Crippen molar-refractivity contribution in [2.75, 3.05) is 0 Å². The van der Waals surface area contributed by atoms with Gasteiger partial charge in [-0.2, -0.15) is 0 Å². The van der Waals surface area contributed by atoms with Crippen LogP contribution in [0.4, 0.5) is 0 Å². The highest BCUT2D eigenvalue weighted by molar-refractivity contribution is 6.19. The van der Waals surface area contributed by atoms with Crippen LogP contribution < -0.4 is 0 Å². The molecule has 0 atom stereocenters. The molecule has 0 aromatic heterocycles. The topological polar surface area (TPSA) is 0 Å². The molecule has 0 aliphatic heterocycles. The van der Waals surface area contributed by atoms with Crippen LogP contribution in [0.3, 0.4) is 0 Å². The molecule has 5 aromatic carbocycles. The number of hydrogen-bond acceptors (Lipinski definition) is 0. The molecule has 0 N–H and O–H groups in total. The minimum absolute atomic E-state index is 1.04. The van der Waals surface area contributed by atoms with E-state index in [1.54, 1.807) is 0 Å². The van der Waals surface area contributed by atoms with Gasteiger partial charge in [-0.15, -0.1) is 0 Å². The molecule has 0 spiro atoms. The molecule has 0 fully saturated rings. The van der Waals surface area contributed by atoms with E-state index in [4.69, 9.17) is 0 Å². The van der Waals surface area contributed by atoms with Crippen LogP contribution in [0.1, 0.15) is 17.5 Å². The van der Waals surface area contributed by atoms with Crippen LogP contribution in [0, 0.1) is 0 Å². The lowest BCUT2D eigenvalue weighted by molar-refractivity contribution is 1.14. The van der Waals surface area contributed by atoms with Crippen molar-refractivity contribution in [1.82, 2.24) is 0 Å². The summed E-state index contributed by atoms with van der Waals surface area (Å²) in [4.78, 5) is 0. The van der Waals surface area contributed by atoms with Crippen LogP contribution >= 0.6 is 0 Å². The van der Waals surface area contributed by atoms with Crippen molar-refractivity contribution in [1.29, 1.82) is 0 Å². The lowest BCUT2D eigenvalue weighted by Crippen LogP contribution is -2.04. The average Bonchev–Trinajstić information content (AvgIpc) is 2.81. The molecule has 0 saturated heterocycles. The van der Waals surface area contributed by atoms with Gasteiger partial charge in [0.25, 0.3) is 0 Å². The molecule has 0 bridgehead atoms. The Morgan fingerprint density at radius 3 is 2.13 bits per heavy atom. The van der Waals surface area contributed by atoms with E-state index < -0.39 is 0 Å². The Balaban J connectivity index is 1.57. The van der Waals surface area contributed by atoms with E-state index in [-0.39, 0.29) is 0 Å². The maximum absolute atomic E-state index is 2.44. The van der Waals surface area contributed by atoms with E-state index in [1.165, 1.54) is 65.4 Å². The predicted octanol–water partition coefficient (Wildman–Crippen LogP) is 8.13. The van der Waals surface area contributed by atoms with Crippen LogP contribution in [0.25, 0.3) is 48.7 Å². The van der Waals surface area contributed by atoms with Crippen molar-refractivity contribution < 1.29 is 0 Å². The van der Waals surface area contributed by atoms with Crippen molar-refractivity contribution in [3.05, 3.63) is 114 Å². The van der Waals surface area contributed by atoms with Gasteiger partial charge in [-0.25, -0.2) is 0 Å². The highest BCUT2D eigenvalue weighted by atomic mass is 14.2. The van der Waals surface area contributed by atoms with Gasteiger partial charge in [-0.3, -0.25) is 0 Å². The van der Waals surface area contributed by atoms with E-state index in [0.717, 1.165) is 12.8 Å². The van der Waals surface area contributed by atoms with Gasteiger partial charge in [0.15, 0.2) is 0 Å². The Bertz CT molecular complexity index is 1620. The van der Waals surface area contributed by atoms with Crippen LogP contribution in [0.15, 0.2) is 103 Å². The van der Waals surface area contributed by atoms with Crippen molar-refractivity contribution in [2.45, 2.75) is 12.8 Å². The normalized spacial score (nSPS) is 15.3. The number of fused-ring (bicyclic) bond motifs is 9. The van der Waals surface area contributed by atoms with Gasteiger partial charge >= 0.3 is 0 Å². The maximum Gasteiger partial charge on any atom is -0.00849 e. The highest BCUT2D eigenvalue weighted by Crippen LogP contribution is 2.40. The summed E-state index contributed by atoms with van der Waals surface area (Å²) in [7, 11) is 0. The summed E-state index contributed by atoms with van der Waals surface area (Å²) in [5.41, 5.74) is 5.74. The van der Waals surface area contributed by atoms with Gasteiger partial charge in [0, 0.05) is 0 Å². The van der Waals surface area contributed by atoms with Gasteiger partial charge in [-0.1, -0.05) is 78.9 Å². The van der Waals surface area contributed by atoms with E-state index >= 15 is 0 Å². The second-order valence-corrected chi connectivity index (χ2v) is 8.52. The van der Waals surface area contributed by atoms with E-state index in [1.807, 2.05) is 0 Å². The van der Waals surface area contributed by atoms with E-state index in [9.17, 15) is 0 Å². The summed E-state index contributed by atoms with van der Waals surface area (Å²) >= 11 is 0. The van der Waals surface area contributed by atoms with Crippen LogP contribution in [0.5, 0.6) is 0 Å². The first-order valence-corrected chi connectivity index (χ1v) is 10.7. The molecule has 0 heteroatoms. The molecule has 2 aliphatic carbocycles. The molecule has 0 unspecified atom stereocenters. The third-order valence-corrected chi connectivity index (χ3v) is 6.86. The molecule has 7 rings (SSSR count). The summed E-state index contributed by atoms with van der Waals surface area (Å²) in [5.74, 6) is 0. The number of allylic oxidation sites excluding steroid dienone is 6. The van der Waals surface area contributed by atoms with Gasteiger partial charge in [0.1, 0.15) is 0 Å². The first-order valence-electron chi connectivity index (χ1n) is 10.7. The minimum Gasteiger partial charge on any atom is -0.0801 e. The molecule has 0 amide bonds. The fraction of sp³-hybridized carbons (Fsp3) is 0.0667. The molecule has 0 saturated carbocycles. The average molecular weight is 380 g/mol. The predicted molar refractivity (Wildman–Crippen MR) is 130 cm³/mol. The molecule has 30 heavy (non-hydrogen) atoms. The molecule has 0 heterocycles. The van der Waals surface area contributed by atoms with Gasteiger partial charge in [0.2, 0.25) is 0 Å². The second kappa shape index (κ2) is 5.93. The Hall–Kier alpha value is -3.64. The standard InChI is InChI=1S/C30H20/c1-2-7-21-17-28-23(15-20(21)6-1)11-14-27-26(28)13-12-24-16-22-10-9-19-5-3-4-8-25(19)29(22)18-30(24)27/h1-4,6-9,11-18H,5,10H2. The zero-order valence-electron chi connectivity index (χ0n) is 16.7. The molecule has 2 aliphatic rings. The Morgan fingerprint density at radius 1 is 0.567 bits per heavy atom. The maximum atomic E-state index is 2.44. The van der Waals surface area contributed by atoms with Crippen LogP contribution in [-0.4, -0.2) is 0 Å². The molecular weight excluding hydrogens is 360 g/mol. The monoisotopic (exact) mass is 380 g/mol. The lowest BCUT2D eigenvalue weighted by atomic mass is 9.81. The SMILES string of the molecule is C1=CCC2=CCc3cc4ccc5c6cc7ccccc7cc6ccc5c4cc3C2=C1. The first-order chi connectivity index (χ1) is 14.8. The molecule has 0 nitrogen and oxygen atoms in total. The van der Waals surface area contributed by atoms with Gasteiger partial charge in [-0.05, 0) is 96.4 Å². The van der Waals surface area contributed by atoms with E-state index in [2.05, 4.69) is 97.1 Å². The Kier molecular flexibility index (Phi) is 3.20. The fourth-order valence-corrected chi connectivity index (χ4v) is 5.34. The van der Waals surface area contributed by atoms with Crippen molar-refractivity contribution in [3.63, 3.8) is 0 Å². The largest absolute Gasteiger partial charge is 0.0801 e. The van der Waals surface area contributed by atoms with Crippen LogP contribution in [-0.2, 0) is 6.42 Å². The van der Waals surface area contributed by atoms with Gasteiger partial charge < -0.3 is 0 Å². The molecular formula is C30H20. The van der Waals surface area contributed by atoms with Crippen molar-refractivity contribution >= 4 is 48.7 Å². The fourth-order valence-electron chi connectivity index (χ4n) is 5.34. The first kappa shape index (κ1) is 16.2. The number of rotatable bonds is 0. The van der Waals surface area contributed by atoms with E-state index in [0.29, 0.717) is 0 Å². The third kappa shape index (κ3) is 2.22. The zero-order chi connectivity index (χ0) is 19.7. The number of hydrogen-bond donors (Lipinski definition) is 0. The summed E-state index contributed by atoms with van der Waals surface area (Å²) in [5, 5.41) is 10.6. The summed E-state index contributed by atoms with van der Waals surface area (Å²) in [6, 6.07) is 27.4. The lowest BCUT2D eigenvalue weighted by Gasteiger charge is -2.23. The Morgan fingerprint density at radius 2 is 1.30 bits per heavy atom. The highest BCUT2D eigenvalue weighted by Gasteiger charge is 2.19. The smallest absolute Gasteiger partial charge is 0.00849 e. The van der Waals surface area contributed by atoms with Crippen molar-refractivity contribution in [3.8, 4) is 0 Å². The quantitative estimate of drug-likeness (QED) is 0.188. The second-order valence-electron chi connectivity index (χ2n) is 8.52. The number of benzene rings is 5. The summed E-state index contributed by atoms with van der Waals surface area (Å²) in [6.07, 6.45) is 11.2. The summed E-state index contributed by atoms with van der Waals surface area (Å²) < 4.78 is 0. The minimum atomic E-state index is 1.04. The molecule has 5 aromatic rings. The summed E-state index contributed by atoms with van der Waals surface area (Å²) in [6.45, 7) is 0. The molecule has 140 valence electrons. The van der Waals surface area contributed by atoms with Crippen LogP contribution in [0.2, 0.25) is 0 Å². The molecule has 0 radical (unpaired) electrons. The Labute approximate surface area is 175 Å². The zero-order valence-corrected chi connectivity index (χ0v) is 16.7. The van der Waals surface area contributed by atoms with Gasteiger partial charge in [0.05, 0.1) is 0 Å². The third-order valence-electron chi connectivity index (χ3n) is 6.86.